The molecule has 0 spiro atoms. The minimum absolute atomic E-state index is 0.135. The number of ether oxygens (including phenoxy) is 2. The van der Waals surface area contributed by atoms with E-state index in [1.165, 1.54) is 42.6 Å². The van der Waals surface area contributed by atoms with Gasteiger partial charge in [-0.15, -0.1) is 0 Å². The van der Waals surface area contributed by atoms with Crippen LogP contribution in [0.15, 0.2) is 105 Å². The molecule has 0 bridgehead atoms. The maximum Gasteiger partial charge on any atom is 0.343 e. The van der Waals surface area contributed by atoms with Crippen LogP contribution < -0.4 is 19.6 Å². The summed E-state index contributed by atoms with van der Waals surface area (Å²) in [4.78, 5) is 25.4. The van der Waals surface area contributed by atoms with Crippen LogP contribution in [0.1, 0.15) is 38.8 Å². The van der Waals surface area contributed by atoms with E-state index in [1.807, 2.05) is 13.8 Å². The zero-order valence-corrected chi connectivity index (χ0v) is 24.5. The number of rotatable bonds is 10. The van der Waals surface area contributed by atoms with Crippen molar-refractivity contribution >= 4 is 49.7 Å². The van der Waals surface area contributed by atoms with E-state index in [1.54, 1.807) is 54.6 Å². The molecule has 11 heteroatoms. The molecular weight excluding hydrogens is 610 g/mol. The molecule has 0 unspecified atom stereocenters. The Hall–Kier alpha value is -4.48. The molecule has 0 fully saturated rings. The summed E-state index contributed by atoms with van der Waals surface area (Å²) in [6.45, 7) is 4.26. The lowest BCUT2D eigenvalue weighted by Gasteiger charge is -2.09. The average molecular weight is 637 g/mol. The van der Waals surface area contributed by atoms with Gasteiger partial charge in [0.05, 0.1) is 23.3 Å². The number of nitrogens with zero attached hydrogens (tertiary/aromatic N) is 1. The Balaban J connectivity index is 1.39. The lowest BCUT2D eigenvalue weighted by molar-refractivity contribution is 0.0734. The summed E-state index contributed by atoms with van der Waals surface area (Å²) in [5.41, 5.74) is 4.72. The number of carbonyl (C=O) groups is 2. The van der Waals surface area contributed by atoms with Gasteiger partial charge in [0.15, 0.2) is 0 Å². The van der Waals surface area contributed by atoms with Crippen molar-refractivity contribution in [2.45, 2.75) is 18.7 Å². The molecule has 2 N–H and O–H groups in total. The van der Waals surface area contributed by atoms with Gasteiger partial charge in [0.1, 0.15) is 11.5 Å². The highest BCUT2D eigenvalue weighted by molar-refractivity contribution is 9.10. The van der Waals surface area contributed by atoms with E-state index in [2.05, 4.69) is 31.2 Å². The number of hydrazone groups is 1. The van der Waals surface area contributed by atoms with Crippen molar-refractivity contribution in [3.63, 3.8) is 0 Å². The molecule has 0 aliphatic heterocycles. The topological polar surface area (TPSA) is 123 Å². The second-order valence-electron chi connectivity index (χ2n) is 8.72. The molecule has 0 radical (unpaired) electrons. The summed E-state index contributed by atoms with van der Waals surface area (Å²) in [6, 6.07) is 24.0. The number of nitrogens with one attached hydrogen (secondary N) is 2. The van der Waals surface area contributed by atoms with Gasteiger partial charge in [0, 0.05) is 21.3 Å². The van der Waals surface area contributed by atoms with Crippen molar-refractivity contribution in [3.05, 3.63) is 118 Å². The maximum absolute atomic E-state index is 12.7. The normalized spacial score (nSPS) is 11.2. The van der Waals surface area contributed by atoms with Crippen molar-refractivity contribution in [1.82, 2.24) is 5.43 Å². The second-order valence-corrected chi connectivity index (χ2v) is 11.3. The van der Waals surface area contributed by atoms with Crippen LogP contribution in [-0.4, -0.2) is 33.1 Å². The summed E-state index contributed by atoms with van der Waals surface area (Å²) in [6.07, 6.45) is 1.35. The fraction of sp³-hybridized carbons (Fsp3) is 0.100. The zero-order valence-electron chi connectivity index (χ0n) is 22.1. The number of halogens is 1. The number of anilines is 1. The molecule has 0 saturated carbocycles. The predicted octanol–water partition coefficient (Wildman–Crippen LogP) is 5.94. The summed E-state index contributed by atoms with van der Waals surface area (Å²) >= 11 is 3.38. The number of amides is 1. The fourth-order valence-corrected chi connectivity index (χ4v) is 5.01. The van der Waals surface area contributed by atoms with Gasteiger partial charge < -0.3 is 9.47 Å². The SMILES string of the molecule is CCOc1ccc(C(=O)Oc2ccc(Br)cc2/C=N\NC(=O)c2ccc(NS(=O)(=O)c3ccc(C)cc3)cc2)cc1. The Labute approximate surface area is 246 Å². The first kappa shape index (κ1) is 29.5. The minimum atomic E-state index is -3.77. The van der Waals surface area contributed by atoms with Gasteiger partial charge in [0.25, 0.3) is 15.9 Å². The van der Waals surface area contributed by atoms with Gasteiger partial charge in [-0.25, -0.2) is 18.6 Å². The summed E-state index contributed by atoms with van der Waals surface area (Å²) in [5, 5.41) is 4.00. The Bertz CT molecular complexity index is 1670. The molecule has 4 rings (SSSR count). The molecule has 0 atom stereocenters. The molecule has 41 heavy (non-hydrogen) atoms. The number of hydrogen-bond donors (Lipinski definition) is 2. The average Bonchev–Trinajstić information content (AvgIpc) is 2.95. The van der Waals surface area contributed by atoms with Crippen molar-refractivity contribution < 1.29 is 27.5 Å². The Morgan fingerprint density at radius 3 is 2.22 bits per heavy atom. The van der Waals surface area contributed by atoms with E-state index < -0.39 is 21.9 Å². The van der Waals surface area contributed by atoms with Gasteiger partial charge in [-0.3, -0.25) is 9.52 Å². The van der Waals surface area contributed by atoms with Crippen LogP contribution in [0.5, 0.6) is 11.5 Å². The quantitative estimate of drug-likeness (QED) is 0.0962. The number of hydrogen-bond acceptors (Lipinski definition) is 7. The number of sulfonamides is 1. The van der Waals surface area contributed by atoms with Crippen LogP contribution in [0.25, 0.3) is 0 Å². The summed E-state index contributed by atoms with van der Waals surface area (Å²) < 4.78 is 39.4. The monoisotopic (exact) mass is 635 g/mol. The van der Waals surface area contributed by atoms with Crippen LogP contribution in [0.3, 0.4) is 0 Å². The highest BCUT2D eigenvalue weighted by Crippen LogP contribution is 2.24. The van der Waals surface area contributed by atoms with Crippen LogP contribution in [-0.2, 0) is 10.0 Å². The third-order valence-electron chi connectivity index (χ3n) is 5.68. The Morgan fingerprint density at radius 1 is 0.902 bits per heavy atom. The van der Waals surface area contributed by atoms with E-state index in [0.717, 1.165) is 10.0 Å². The number of aryl methyl sites for hydroxylation is 1. The van der Waals surface area contributed by atoms with Crippen LogP contribution in [0.4, 0.5) is 5.69 Å². The van der Waals surface area contributed by atoms with Crippen molar-refractivity contribution in [3.8, 4) is 11.5 Å². The van der Waals surface area contributed by atoms with Gasteiger partial charge in [-0.1, -0.05) is 33.6 Å². The minimum Gasteiger partial charge on any atom is -0.494 e. The largest absolute Gasteiger partial charge is 0.494 e. The smallest absolute Gasteiger partial charge is 0.343 e. The Morgan fingerprint density at radius 2 is 1.56 bits per heavy atom. The van der Waals surface area contributed by atoms with Gasteiger partial charge in [0.2, 0.25) is 0 Å². The van der Waals surface area contributed by atoms with Crippen molar-refractivity contribution in [2.24, 2.45) is 5.10 Å². The predicted molar refractivity (Wildman–Crippen MR) is 160 cm³/mol. The molecule has 210 valence electrons. The molecule has 0 saturated heterocycles. The first-order valence-electron chi connectivity index (χ1n) is 12.4. The van der Waals surface area contributed by atoms with Crippen molar-refractivity contribution in [2.75, 3.05) is 11.3 Å². The number of esters is 1. The highest BCUT2D eigenvalue weighted by Gasteiger charge is 2.15. The van der Waals surface area contributed by atoms with E-state index in [4.69, 9.17) is 9.47 Å². The molecule has 9 nitrogen and oxygen atoms in total. The lowest BCUT2D eigenvalue weighted by Crippen LogP contribution is -2.18. The molecule has 1 amide bonds. The number of carbonyl (C=O) groups excluding carboxylic acids is 2. The first-order valence-corrected chi connectivity index (χ1v) is 14.7. The maximum atomic E-state index is 12.7. The van der Waals surface area contributed by atoms with E-state index in [-0.39, 0.29) is 16.2 Å². The molecule has 4 aromatic rings. The van der Waals surface area contributed by atoms with Gasteiger partial charge >= 0.3 is 5.97 Å². The van der Waals surface area contributed by atoms with Gasteiger partial charge in [-0.05, 0) is 92.7 Å². The molecule has 0 aromatic heterocycles. The molecular formula is C30H26BrN3O6S. The fourth-order valence-electron chi connectivity index (χ4n) is 3.57. The van der Waals surface area contributed by atoms with Crippen molar-refractivity contribution in [1.29, 1.82) is 0 Å². The molecule has 0 aliphatic rings. The lowest BCUT2D eigenvalue weighted by atomic mass is 10.2. The summed E-state index contributed by atoms with van der Waals surface area (Å²) in [7, 11) is -3.77. The standard InChI is InChI=1S/C30H26BrN3O6S/c1-3-39-26-13-8-22(9-14-26)30(36)40-28-17-10-24(31)18-23(28)19-32-33-29(35)21-6-11-25(12-7-21)34-41(37,38)27-15-4-20(2)5-16-27/h4-19,34H,3H2,1-2H3,(H,33,35)/b32-19-. The second kappa shape index (κ2) is 13.2. The summed E-state index contributed by atoms with van der Waals surface area (Å²) in [5.74, 6) is -0.186. The highest BCUT2D eigenvalue weighted by atomic mass is 79.9. The first-order chi connectivity index (χ1) is 19.6. The van der Waals surface area contributed by atoms with Gasteiger partial charge in [-0.2, -0.15) is 5.10 Å². The number of benzene rings is 4. The molecule has 0 aliphatic carbocycles. The van der Waals surface area contributed by atoms with Crippen LogP contribution in [0.2, 0.25) is 0 Å². The zero-order chi connectivity index (χ0) is 29.4. The van der Waals surface area contributed by atoms with E-state index in [9.17, 15) is 18.0 Å². The third-order valence-corrected chi connectivity index (χ3v) is 7.57. The third kappa shape index (κ3) is 8.03. The molecule has 0 heterocycles. The van der Waals surface area contributed by atoms with Crippen LogP contribution in [0, 0.1) is 6.92 Å². The molecule has 4 aromatic carbocycles. The Kier molecular flexibility index (Phi) is 9.53. The van der Waals surface area contributed by atoms with E-state index >= 15 is 0 Å². The van der Waals surface area contributed by atoms with Crippen LogP contribution >= 0.6 is 15.9 Å². The van der Waals surface area contributed by atoms with E-state index in [0.29, 0.717) is 29.2 Å².